The highest BCUT2D eigenvalue weighted by Gasteiger charge is 2.22. The number of fused-ring (bicyclic) bond motifs is 2. The van der Waals surface area contributed by atoms with Gasteiger partial charge < -0.3 is 10.1 Å². The molecular weight excluding hydrogens is 300 g/mol. The van der Waals surface area contributed by atoms with Crippen molar-refractivity contribution in [2.24, 2.45) is 0 Å². The summed E-state index contributed by atoms with van der Waals surface area (Å²) < 4.78 is 6.44. The van der Waals surface area contributed by atoms with Crippen LogP contribution in [0.1, 0.15) is 29.3 Å². The number of thiazole rings is 1. The van der Waals surface area contributed by atoms with Crippen molar-refractivity contribution >= 4 is 38.0 Å². The monoisotopic (exact) mass is 316 g/mol. The number of aromatic nitrogens is 1. The topological polar surface area (TPSA) is 34.1 Å². The maximum absolute atomic E-state index is 5.28. The lowest BCUT2D eigenvalue weighted by molar-refractivity contribution is 0.415. The lowest BCUT2D eigenvalue weighted by Crippen LogP contribution is -2.15. The summed E-state index contributed by atoms with van der Waals surface area (Å²) in [6.45, 7) is 0. The van der Waals surface area contributed by atoms with Crippen molar-refractivity contribution in [1.29, 1.82) is 0 Å². The zero-order chi connectivity index (χ0) is 14.2. The van der Waals surface area contributed by atoms with Gasteiger partial charge in [0, 0.05) is 4.88 Å². The molecule has 2 heterocycles. The van der Waals surface area contributed by atoms with Crippen LogP contribution >= 0.6 is 22.7 Å². The highest BCUT2D eigenvalue weighted by atomic mass is 32.1. The fraction of sp³-hybridized carbons (Fsp3) is 0.312. The SMILES string of the molecule is COc1ccc2nc(NC3CCCc4sccc43)sc2c1. The van der Waals surface area contributed by atoms with Crippen molar-refractivity contribution < 1.29 is 4.74 Å². The molecule has 5 heteroatoms. The minimum atomic E-state index is 0.405. The smallest absolute Gasteiger partial charge is 0.184 e. The third-order valence-electron chi connectivity index (χ3n) is 3.95. The number of rotatable bonds is 3. The van der Waals surface area contributed by atoms with E-state index in [0.717, 1.165) is 16.4 Å². The number of ether oxygens (including phenoxy) is 1. The van der Waals surface area contributed by atoms with Gasteiger partial charge in [-0.3, -0.25) is 0 Å². The van der Waals surface area contributed by atoms with Gasteiger partial charge in [0.25, 0.3) is 0 Å². The molecule has 0 saturated carbocycles. The third kappa shape index (κ3) is 2.40. The van der Waals surface area contributed by atoms with Crippen molar-refractivity contribution in [2.75, 3.05) is 12.4 Å². The molecule has 1 N–H and O–H groups in total. The number of anilines is 1. The number of methoxy groups -OCH3 is 1. The molecule has 0 spiro atoms. The Hall–Kier alpha value is -1.59. The van der Waals surface area contributed by atoms with Crippen LogP contribution in [-0.4, -0.2) is 12.1 Å². The van der Waals surface area contributed by atoms with Crippen LogP contribution in [0.2, 0.25) is 0 Å². The Balaban J connectivity index is 1.63. The van der Waals surface area contributed by atoms with Crippen LogP contribution in [0, 0.1) is 0 Å². The predicted molar refractivity (Wildman–Crippen MR) is 89.8 cm³/mol. The molecule has 0 bridgehead atoms. The Kier molecular flexibility index (Phi) is 3.31. The number of hydrogen-bond acceptors (Lipinski definition) is 5. The second-order valence-electron chi connectivity index (χ2n) is 5.24. The second kappa shape index (κ2) is 5.31. The summed E-state index contributed by atoms with van der Waals surface area (Å²) >= 11 is 3.58. The summed E-state index contributed by atoms with van der Waals surface area (Å²) in [7, 11) is 1.70. The summed E-state index contributed by atoms with van der Waals surface area (Å²) in [5.74, 6) is 0.885. The zero-order valence-corrected chi connectivity index (χ0v) is 13.4. The summed E-state index contributed by atoms with van der Waals surface area (Å²) in [5.41, 5.74) is 2.49. The van der Waals surface area contributed by atoms with Gasteiger partial charge in [-0.25, -0.2) is 4.98 Å². The maximum atomic E-state index is 5.28. The van der Waals surface area contributed by atoms with E-state index in [9.17, 15) is 0 Å². The van der Waals surface area contributed by atoms with E-state index in [1.807, 2.05) is 23.5 Å². The second-order valence-corrected chi connectivity index (χ2v) is 7.27. The van der Waals surface area contributed by atoms with E-state index in [2.05, 4.69) is 22.8 Å². The van der Waals surface area contributed by atoms with Crippen molar-refractivity contribution in [3.8, 4) is 5.75 Å². The lowest BCUT2D eigenvalue weighted by Gasteiger charge is -2.23. The van der Waals surface area contributed by atoms with Crippen molar-refractivity contribution in [3.05, 3.63) is 40.1 Å². The first-order valence-corrected chi connectivity index (χ1v) is 8.80. The van der Waals surface area contributed by atoms with Crippen LogP contribution in [0.3, 0.4) is 0 Å². The molecule has 1 unspecified atom stereocenters. The number of hydrogen-bond donors (Lipinski definition) is 1. The summed E-state index contributed by atoms with van der Waals surface area (Å²) in [6, 6.07) is 8.70. The Labute approximate surface area is 131 Å². The molecule has 0 saturated heterocycles. The first-order chi connectivity index (χ1) is 10.3. The fourth-order valence-corrected chi connectivity index (χ4v) is 4.81. The van der Waals surface area contributed by atoms with Crippen LogP contribution in [0.5, 0.6) is 5.75 Å². The highest BCUT2D eigenvalue weighted by Crippen LogP contribution is 2.37. The van der Waals surface area contributed by atoms with Gasteiger partial charge in [0.2, 0.25) is 0 Å². The molecule has 108 valence electrons. The molecular formula is C16H16N2OS2. The van der Waals surface area contributed by atoms with E-state index >= 15 is 0 Å². The predicted octanol–water partition coefficient (Wildman–Crippen LogP) is 4.86. The molecule has 2 aromatic heterocycles. The van der Waals surface area contributed by atoms with Crippen LogP contribution in [0.25, 0.3) is 10.2 Å². The van der Waals surface area contributed by atoms with Crippen molar-refractivity contribution in [3.63, 3.8) is 0 Å². The van der Waals surface area contributed by atoms with E-state index in [1.165, 1.54) is 34.4 Å². The van der Waals surface area contributed by atoms with Crippen LogP contribution in [-0.2, 0) is 6.42 Å². The van der Waals surface area contributed by atoms with Gasteiger partial charge in [-0.2, -0.15) is 0 Å². The van der Waals surface area contributed by atoms with Crippen LogP contribution < -0.4 is 10.1 Å². The zero-order valence-electron chi connectivity index (χ0n) is 11.8. The van der Waals surface area contributed by atoms with Gasteiger partial charge >= 0.3 is 0 Å². The molecule has 0 fully saturated rings. The van der Waals surface area contributed by atoms with Gasteiger partial charge in [0.15, 0.2) is 5.13 Å². The Bertz CT molecular complexity index is 778. The molecule has 0 amide bonds. The largest absolute Gasteiger partial charge is 0.497 e. The van der Waals surface area contributed by atoms with Crippen molar-refractivity contribution in [1.82, 2.24) is 4.98 Å². The van der Waals surface area contributed by atoms with Gasteiger partial charge in [-0.15, -0.1) is 11.3 Å². The number of nitrogens with zero attached hydrogens (tertiary/aromatic N) is 1. The Morgan fingerprint density at radius 3 is 3.19 bits per heavy atom. The number of benzene rings is 1. The number of aryl methyl sites for hydroxylation is 1. The third-order valence-corrected chi connectivity index (χ3v) is 5.89. The van der Waals surface area contributed by atoms with Gasteiger partial charge in [-0.05, 0) is 54.5 Å². The molecule has 1 aliphatic carbocycles. The highest BCUT2D eigenvalue weighted by molar-refractivity contribution is 7.22. The standard InChI is InChI=1S/C16H16N2OS2/c1-19-10-5-6-13-15(9-10)21-16(18-13)17-12-3-2-4-14-11(12)7-8-20-14/h5-9,12H,2-4H2,1H3,(H,17,18). The molecule has 21 heavy (non-hydrogen) atoms. The molecule has 4 rings (SSSR count). The summed E-state index contributed by atoms with van der Waals surface area (Å²) in [4.78, 5) is 6.22. The quantitative estimate of drug-likeness (QED) is 0.749. The van der Waals surface area contributed by atoms with Gasteiger partial charge in [-0.1, -0.05) is 11.3 Å². The fourth-order valence-electron chi connectivity index (χ4n) is 2.88. The first-order valence-electron chi connectivity index (χ1n) is 7.11. The van der Waals surface area contributed by atoms with E-state index in [4.69, 9.17) is 9.72 Å². The first kappa shape index (κ1) is 13.1. The molecule has 0 aliphatic heterocycles. The molecule has 3 nitrogen and oxygen atoms in total. The van der Waals surface area contributed by atoms with Crippen molar-refractivity contribution in [2.45, 2.75) is 25.3 Å². The average Bonchev–Trinajstić information content (AvgIpc) is 3.12. The number of thiophene rings is 1. The molecule has 1 atom stereocenters. The minimum Gasteiger partial charge on any atom is -0.497 e. The summed E-state index contributed by atoms with van der Waals surface area (Å²) in [6.07, 6.45) is 3.66. The van der Waals surface area contributed by atoms with Gasteiger partial charge in [0.05, 0.1) is 23.4 Å². The van der Waals surface area contributed by atoms with Crippen LogP contribution in [0.4, 0.5) is 5.13 Å². The van der Waals surface area contributed by atoms with Gasteiger partial charge in [0.1, 0.15) is 5.75 Å². The average molecular weight is 316 g/mol. The molecule has 0 radical (unpaired) electrons. The van der Waals surface area contributed by atoms with Crippen LogP contribution in [0.15, 0.2) is 29.6 Å². The van der Waals surface area contributed by atoms with E-state index in [-0.39, 0.29) is 0 Å². The normalized spacial score (nSPS) is 17.7. The molecule has 3 aromatic rings. The Morgan fingerprint density at radius 1 is 1.33 bits per heavy atom. The summed E-state index contributed by atoms with van der Waals surface area (Å²) in [5, 5.41) is 6.83. The van der Waals surface area contributed by atoms with E-state index < -0.39 is 0 Å². The van der Waals surface area contributed by atoms with E-state index in [0.29, 0.717) is 6.04 Å². The lowest BCUT2D eigenvalue weighted by atomic mass is 9.94. The maximum Gasteiger partial charge on any atom is 0.184 e. The Morgan fingerprint density at radius 2 is 2.29 bits per heavy atom. The minimum absolute atomic E-state index is 0.405. The number of nitrogens with one attached hydrogen (secondary N) is 1. The molecule has 1 aliphatic rings. The molecule has 1 aromatic carbocycles. The van der Waals surface area contributed by atoms with E-state index in [1.54, 1.807) is 18.4 Å².